The van der Waals surface area contributed by atoms with Crippen LogP contribution in [0.3, 0.4) is 0 Å². The molecule has 3 fully saturated rings. The van der Waals surface area contributed by atoms with Gasteiger partial charge in [-0.05, 0) is 70.6 Å². The third kappa shape index (κ3) is 14.2. The SMILES string of the molecule is CCCCC[C@@H](/C=C/[C@H]1[C@H](OC2CCCCO2)CC(=O)[C@@H]1C/C=C\CCCCOC(=O)NS(C)(=O)=O)OC1CCCCO1. The van der Waals surface area contributed by atoms with Gasteiger partial charge in [0.15, 0.2) is 12.6 Å². The van der Waals surface area contributed by atoms with Crippen LogP contribution in [0.4, 0.5) is 4.79 Å². The summed E-state index contributed by atoms with van der Waals surface area (Å²) >= 11 is 0. The molecule has 0 aromatic rings. The van der Waals surface area contributed by atoms with Gasteiger partial charge in [-0.15, -0.1) is 0 Å². The third-order valence-corrected chi connectivity index (χ3v) is 8.64. The van der Waals surface area contributed by atoms with E-state index in [2.05, 4.69) is 31.2 Å². The summed E-state index contributed by atoms with van der Waals surface area (Å²) in [7, 11) is -3.63. The Labute approximate surface area is 258 Å². The summed E-state index contributed by atoms with van der Waals surface area (Å²) in [5, 5.41) is 0. The summed E-state index contributed by atoms with van der Waals surface area (Å²) in [6, 6.07) is 0. The van der Waals surface area contributed by atoms with Crippen LogP contribution in [-0.4, -0.2) is 71.2 Å². The Hall–Kier alpha value is -1.79. The Morgan fingerprint density at radius 1 is 1.02 bits per heavy atom. The fraction of sp³-hybridized carbons (Fsp3) is 0.812. The van der Waals surface area contributed by atoms with Crippen molar-refractivity contribution in [1.29, 1.82) is 0 Å². The molecule has 0 aromatic carbocycles. The number of nitrogens with one attached hydrogen (secondary N) is 1. The average Bonchev–Trinajstić information content (AvgIpc) is 3.26. The van der Waals surface area contributed by atoms with Gasteiger partial charge in [0.1, 0.15) is 5.78 Å². The zero-order chi connectivity index (χ0) is 30.9. The van der Waals surface area contributed by atoms with E-state index >= 15 is 0 Å². The lowest BCUT2D eigenvalue weighted by Gasteiger charge is -2.29. The molecule has 1 N–H and O–H groups in total. The van der Waals surface area contributed by atoms with Gasteiger partial charge in [-0.3, -0.25) is 4.79 Å². The van der Waals surface area contributed by atoms with E-state index < -0.39 is 16.1 Å². The van der Waals surface area contributed by atoms with Gasteiger partial charge in [0.25, 0.3) is 0 Å². The van der Waals surface area contributed by atoms with Crippen LogP contribution in [0.15, 0.2) is 24.3 Å². The van der Waals surface area contributed by atoms with Crippen LogP contribution in [0.1, 0.15) is 103 Å². The number of ether oxygens (including phenoxy) is 5. The highest BCUT2D eigenvalue weighted by atomic mass is 32.2. The third-order valence-electron chi connectivity index (χ3n) is 8.10. The van der Waals surface area contributed by atoms with Crippen molar-refractivity contribution in [3.8, 4) is 0 Å². The summed E-state index contributed by atoms with van der Waals surface area (Å²) in [6.45, 7) is 3.77. The minimum Gasteiger partial charge on any atom is -0.449 e. The van der Waals surface area contributed by atoms with E-state index in [1.165, 1.54) is 0 Å². The number of unbranched alkanes of at least 4 members (excludes halogenated alkanes) is 4. The van der Waals surface area contributed by atoms with E-state index in [0.717, 1.165) is 89.9 Å². The van der Waals surface area contributed by atoms with E-state index in [1.807, 2.05) is 0 Å². The molecule has 0 spiro atoms. The standard InChI is InChI=1S/C32H53NO9S/c1-3-4-8-15-25(41-30-17-10-13-21-38-30)19-20-27-26(28(34)24-29(27)42-31-18-11-14-22-39-31)16-9-6-5-7-12-23-40-32(35)33-43(2,36)37/h6,9,19-20,25-27,29-31H,3-5,7-8,10-18,21-24H2,1-2H3,(H,33,35)/b9-6-,20-19+/t25-,26+,27+,29+,30?,31?/m0/s1. The molecule has 11 heteroatoms. The average molecular weight is 628 g/mol. The number of ketones is 1. The molecule has 0 bridgehead atoms. The van der Waals surface area contributed by atoms with Crippen molar-refractivity contribution in [3.05, 3.63) is 24.3 Å². The van der Waals surface area contributed by atoms with Crippen molar-refractivity contribution in [3.63, 3.8) is 0 Å². The van der Waals surface area contributed by atoms with E-state index in [-0.39, 0.29) is 49.0 Å². The number of carbonyl (C=O) groups is 2. The Balaban J connectivity index is 1.57. The highest BCUT2D eigenvalue weighted by Crippen LogP contribution is 2.37. The smallest absolute Gasteiger partial charge is 0.420 e. The van der Waals surface area contributed by atoms with Crippen molar-refractivity contribution in [1.82, 2.24) is 4.72 Å². The summed E-state index contributed by atoms with van der Waals surface area (Å²) in [4.78, 5) is 24.7. The predicted molar refractivity (Wildman–Crippen MR) is 164 cm³/mol. The molecule has 0 aromatic heterocycles. The predicted octanol–water partition coefficient (Wildman–Crippen LogP) is 5.95. The molecule has 2 heterocycles. The first-order chi connectivity index (χ1) is 20.7. The van der Waals surface area contributed by atoms with Crippen LogP contribution in [-0.2, 0) is 38.5 Å². The van der Waals surface area contributed by atoms with E-state index in [9.17, 15) is 18.0 Å². The fourth-order valence-electron chi connectivity index (χ4n) is 5.80. The molecule has 0 radical (unpaired) electrons. The Morgan fingerprint density at radius 2 is 1.77 bits per heavy atom. The minimum absolute atomic E-state index is 0.0603. The van der Waals surface area contributed by atoms with Crippen molar-refractivity contribution in [2.24, 2.45) is 11.8 Å². The minimum atomic E-state index is -3.63. The summed E-state index contributed by atoms with van der Waals surface area (Å²) in [5.41, 5.74) is 0. The van der Waals surface area contributed by atoms with E-state index in [4.69, 9.17) is 23.7 Å². The van der Waals surface area contributed by atoms with Crippen LogP contribution in [0, 0.1) is 11.8 Å². The Bertz CT molecular complexity index is 987. The number of amides is 1. The molecule has 10 nitrogen and oxygen atoms in total. The normalized spacial score (nSPS) is 27.6. The maximum Gasteiger partial charge on any atom is 0.420 e. The molecule has 2 saturated heterocycles. The quantitative estimate of drug-likeness (QED) is 0.145. The first kappa shape index (κ1) is 35.7. The molecule has 2 unspecified atom stereocenters. The maximum absolute atomic E-state index is 13.2. The highest BCUT2D eigenvalue weighted by molar-refractivity contribution is 7.89. The number of hydrogen-bond acceptors (Lipinski definition) is 9. The summed E-state index contributed by atoms with van der Waals surface area (Å²) in [5.74, 6) is -0.0234. The zero-order valence-electron chi connectivity index (χ0n) is 26.1. The van der Waals surface area contributed by atoms with Gasteiger partial charge < -0.3 is 23.7 Å². The van der Waals surface area contributed by atoms with Crippen molar-refractivity contribution in [2.75, 3.05) is 26.1 Å². The molecule has 3 aliphatic rings. The van der Waals surface area contributed by atoms with Crippen molar-refractivity contribution >= 4 is 21.9 Å². The van der Waals surface area contributed by atoms with Gasteiger partial charge in [-0.2, -0.15) is 0 Å². The molecule has 3 rings (SSSR count). The zero-order valence-corrected chi connectivity index (χ0v) is 26.9. The van der Waals surface area contributed by atoms with Crippen molar-refractivity contribution < 1.29 is 41.7 Å². The lowest BCUT2D eigenvalue weighted by Crippen LogP contribution is -2.31. The maximum atomic E-state index is 13.2. The van der Waals surface area contributed by atoms with Gasteiger partial charge in [-0.25, -0.2) is 17.9 Å². The number of hydrogen-bond donors (Lipinski definition) is 1. The molecule has 43 heavy (non-hydrogen) atoms. The highest BCUT2D eigenvalue weighted by Gasteiger charge is 2.42. The van der Waals surface area contributed by atoms with Crippen LogP contribution in [0.25, 0.3) is 0 Å². The molecule has 246 valence electrons. The van der Waals surface area contributed by atoms with Crippen LogP contribution < -0.4 is 4.72 Å². The van der Waals surface area contributed by atoms with Crippen LogP contribution in [0.5, 0.6) is 0 Å². The molecule has 1 aliphatic carbocycles. The van der Waals surface area contributed by atoms with Crippen LogP contribution in [0.2, 0.25) is 0 Å². The second kappa shape index (κ2) is 19.6. The van der Waals surface area contributed by atoms with Gasteiger partial charge in [-0.1, -0.05) is 50.5 Å². The van der Waals surface area contributed by atoms with E-state index in [0.29, 0.717) is 25.9 Å². The molecule has 2 aliphatic heterocycles. The summed E-state index contributed by atoms with van der Waals surface area (Å²) in [6.07, 6.45) is 21.2. The molecule has 1 saturated carbocycles. The second-order valence-corrected chi connectivity index (χ2v) is 13.6. The Morgan fingerprint density at radius 3 is 2.44 bits per heavy atom. The largest absolute Gasteiger partial charge is 0.449 e. The molecular formula is C32H53NO9S. The topological polar surface area (TPSA) is 126 Å². The van der Waals surface area contributed by atoms with Crippen molar-refractivity contribution in [2.45, 2.75) is 128 Å². The van der Waals surface area contributed by atoms with Gasteiger partial charge >= 0.3 is 6.09 Å². The first-order valence-corrected chi connectivity index (χ1v) is 18.2. The fourth-order valence-corrected chi connectivity index (χ4v) is 6.16. The Kier molecular flexibility index (Phi) is 16.2. The lowest BCUT2D eigenvalue weighted by atomic mass is 9.90. The number of Topliss-reactive ketones (excluding diaryl/α,β-unsaturated/α-hetero) is 1. The summed E-state index contributed by atoms with van der Waals surface area (Å²) < 4.78 is 53.3. The van der Waals surface area contributed by atoms with Gasteiger partial charge in [0.05, 0.1) is 25.1 Å². The van der Waals surface area contributed by atoms with E-state index in [1.54, 1.807) is 4.72 Å². The van der Waals surface area contributed by atoms with Crippen LogP contribution >= 0.6 is 0 Å². The number of carbonyl (C=O) groups excluding carboxylic acids is 2. The molecular weight excluding hydrogens is 574 g/mol. The monoisotopic (exact) mass is 627 g/mol. The lowest BCUT2D eigenvalue weighted by molar-refractivity contribution is -0.192. The molecule has 1 amide bonds. The van der Waals surface area contributed by atoms with Gasteiger partial charge in [0.2, 0.25) is 10.0 Å². The molecule has 6 atom stereocenters. The number of allylic oxidation sites excluding steroid dienone is 2. The van der Waals surface area contributed by atoms with Gasteiger partial charge in [0, 0.05) is 31.5 Å². The number of rotatable bonds is 18. The first-order valence-electron chi connectivity index (χ1n) is 16.3. The number of sulfonamides is 1. The second-order valence-electron chi connectivity index (χ2n) is 11.9.